The highest BCUT2D eigenvalue weighted by Crippen LogP contribution is 2.30. The molecule has 8 nitrogen and oxygen atoms in total. The molecule has 34 heavy (non-hydrogen) atoms. The Morgan fingerprint density at radius 3 is 2.74 bits per heavy atom. The third-order valence-electron chi connectivity index (χ3n) is 5.63. The van der Waals surface area contributed by atoms with Crippen LogP contribution < -0.4 is 14.8 Å². The van der Waals surface area contributed by atoms with E-state index in [0.717, 1.165) is 29.5 Å². The molecule has 0 aliphatic carbocycles. The zero-order chi connectivity index (χ0) is 23.9. The quantitative estimate of drug-likeness (QED) is 0.492. The molecule has 1 N–H and O–H groups in total. The van der Waals surface area contributed by atoms with Crippen LogP contribution in [-0.2, 0) is 16.0 Å². The Morgan fingerprint density at radius 2 is 1.97 bits per heavy atom. The van der Waals surface area contributed by atoms with Crippen LogP contribution in [0.1, 0.15) is 35.7 Å². The molecule has 3 aromatic rings. The summed E-state index contributed by atoms with van der Waals surface area (Å²) >= 11 is 1.46. The van der Waals surface area contributed by atoms with Crippen LogP contribution in [0.25, 0.3) is 10.2 Å². The number of nitrogens with zero attached hydrogens (tertiary/aromatic N) is 2. The fourth-order valence-corrected chi connectivity index (χ4v) is 4.62. The number of carbonyl (C=O) groups is 2. The molecule has 0 atom stereocenters. The first-order valence-electron chi connectivity index (χ1n) is 11.4. The van der Waals surface area contributed by atoms with Crippen LogP contribution in [0, 0.1) is 0 Å². The van der Waals surface area contributed by atoms with Gasteiger partial charge in [0.15, 0.2) is 23.2 Å². The number of ether oxygens (including phenoxy) is 3. The molecule has 1 aromatic heterocycles. The SMILES string of the molecule is CCCCc1ccc2nc(NC(=O)c3ccc(OCC(=O)N4CCOCC4)c(OC)c3)sc2c1. The third kappa shape index (κ3) is 5.84. The van der Waals surface area contributed by atoms with E-state index in [0.29, 0.717) is 48.5 Å². The van der Waals surface area contributed by atoms with Crippen molar-refractivity contribution in [3.8, 4) is 11.5 Å². The number of aryl methyl sites for hydroxylation is 1. The lowest BCUT2D eigenvalue weighted by Crippen LogP contribution is -2.43. The number of unbranched alkanes of at least 4 members (excludes halogenated alkanes) is 1. The lowest BCUT2D eigenvalue weighted by atomic mass is 10.1. The largest absolute Gasteiger partial charge is 0.493 e. The molecule has 2 aromatic carbocycles. The molecule has 1 saturated heterocycles. The monoisotopic (exact) mass is 483 g/mol. The first kappa shape index (κ1) is 24.0. The minimum Gasteiger partial charge on any atom is -0.493 e. The summed E-state index contributed by atoms with van der Waals surface area (Å²) in [6, 6.07) is 11.1. The summed E-state index contributed by atoms with van der Waals surface area (Å²) in [6.45, 7) is 4.26. The van der Waals surface area contributed by atoms with Crippen LogP contribution in [0.4, 0.5) is 5.13 Å². The number of amides is 2. The molecule has 0 spiro atoms. The lowest BCUT2D eigenvalue weighted by Gasteiger charge is -2.26. The van der Waals surface area contributed by atoms with Gasteiger partial charge in [0, 0.05) is 18.7 Å². The van der Waals surface area contributed by atoms with Crippen LogP contribution in [0.2, 0.25) is 0 Å². The maximum atomic E-state index is 12.8. The normalized spacial score (nSPS) is 13.6. The van der Waals surface area contributed by atoms with E-state index in [9.17, 15) is 9.59 Å². The molecule has 0 saturated carbocycles. The summed E-state index contributed by atoms with van der Waals surface area (Å²) < 4.78 is 17.4. The first-order chi connectivity index (χ1) is 16.6. The predicted octanol–water partition coefficient (Wildman–Crippen LogP) is 4.14. The number of morpholine rings is 1. The number of thiazole rings is 1. The standard InChI is InChI=1S/C25H29N3O5S/c1-3-4-5-17-6-8-19-22(14-17)34-25(26-19)27-24(30)18-7-9-20(21(15-18)31-2)33-16-23(29)28-10-12-32-13-11-28/h6-9,14-15H,3-5,10-13,16H2,1-2H3,(H,26,27,30). The summed E-state index contributed by atoms with van der Waals surface area (Å²) in [5, 5.41) is 3.42. The van der Waals surface area contributed by atoms with E-state index in [1.165, 1.54) is 24.0 Å². The van der Waals surface area contributed by atoms with Gasteiger partial charge in [-0.1, -0.05) is 30.7 Å². The number of anilines is 1. The van der Waals surface area contributed by atoms with Gasteiger partial charge in [-0.3, -0.25) is 14.9 Å². The number of benzene rings is 2. The maximum Gasteiger partial charge on any atom is 0.260 e. The van der Waals surface area contributed by atoms with Crippen molar-refractivity contribution in [1.82, 2.24) is 9.88 Å². The highest BCUT2D eigenvalue weighted by Gasteiger charge is 2.19. The van der Waals surface area contributed by atoms with E-state index in [1.807, 2.05) is 6.07 Å². The third-order valence-corrected chi connectivity index (χ3v) is 6.57. The molecule has 1 fully saturated rings. The van der Waals surface area contributed by atoms with Crippen LogP contribution in [0.5, 0.6) is 11.5 Å². The molecule has 0 radical (unpaired) electrons. The highest BCUT2D eigenvalue weighted by atomic mass is 32.1. The Bertz CT molecular complexity index is 1160. The summed E-state index contributed by atoms with van der Waals surface area (Å²) in [5.41, 5.74) is 2.56. The molecule has 2 heterocycles. The smallest absolute Gasteiger partial charge is 0.260 e. The lowest BCUT2D eigenvalue weighted by molar-refractivity contribution is -0.137. The molecule has 4 rings (SSSR count). The van der Waals surface area contributed by atoms with Gasteiger partial charge in [0.05, 0.1) is 30.5 Å². The Kier molecular flexibility index (Phi) is 7.97. The van der Waals surface area contributed by atoms with E-state index in [-0.39, 0.29) is 18.4 Å². The number of methoxy groups -OCH3 is 1. The second kappa shape index (κ2) is 11.3. The van der Waals surface area contributed by atoms with Gasteiger partial charge in [-0.15, -0.1) is 0 Å². The number of aromatic nitrogens is 1. The topological polar surface area (TPSA) is 90.0 Å². The van der Waals surface area contributed by atoms with E-state index < -0.39 is 0 Å². The number of nitrogens with one attached hydrogen (secondary N) is 1. The molecule has 1 aliphatic heterocycles. The fourth-order valence-electron chi connectivity index (χ4n) is 3.70. The Balaban J connectivity index is 1.40. The predicted molar refractivity (Wildman–Crippen MR) is 132 cm³/mol. The minimum absolute atomic E-state index is 0.103. The van der Waals surface area contributed by atoms with Gasteiger partial charge in [-0.05, 0) is 48.7 Å². The van der Waals surface area contributed by atoms with Crippen LogP contribution in [0.15, 0.2) is 36.4 Å². The molecule has 0 bridgehead atoms. The van der Waals surface area contributed by atoms with E-state index in [4.69, 9.17) is 14.2 Å². The summed E-state index contributed by atoms with van der Waals surface area (Å²) in [4.78, 5) is 31.4. The summed E-state index contributed by atoms with van der Waals surface area (Å²) in [7, 11) is 1.50. The average molecular weight is 484 g/mol. The number of hydrogen-bond acceptors (Lipinski definition) is 7. The highest BCUT2D eigenvalue weighted by molar-refractivity contribution is 7.22. The van der Waals surface area contributed by atoms with Gasteiger partial charge in [-0.25, -0.2) is 4.98 Å². The van der Waals surface area contributed by atoms with Gasteiger partial charge in [0.2, 0.25) is 0 Å². The molecular formula is C25H29N3O5S. The zero-order valence-corrected chi connectivity index (χ0v) is 20.3. The van der Waals surface area contributed by atoms with Crippen molar-refractivity contribution < 1.29 is 23.8 Å². The summed E-state index contributed by atoms with van der Waals surface area (Å²) in [6.07, 6.45) is 3.34. The number of hydrogen-bond donors (Lipinski definition) is 1. The number of fused-ring (bicyclic) bond motifs is 1. The van der Waals surface area contributed by atoms with Crippen molar-refractivity contribution in [2.24, 2.45) is 0 Å². The maximum absolute atomic E-state index is 12.8. The Labute approximate surface area is 202 Å². The average Bonchev–Trinajstić information content (AvgIpc) is 3.27. The van der Waals surface area contributed by atoms with Crippen molar-refractivity contribution in [2.75, 3.05) is 45.3 Å². The van der Waals surface area contributed by atoms with Crippen LogP contribution >= 0.6 is 11.3 Å². The molecule has 2 amide bonds. The van der Waals surface area contributed by atoms with Crippen molar-refractivity contribution in [2.45, 2.75) is 26.2 Å². The zero-order valence-electron chi connectivity index (χ0n) is 19.5. The molecule has 1 aliphatic rings. The first-order valence-corrected chi connectivity index (χ1v) is 12.3. The number of carbonyl (C=O) groups excluding carboxylic acids is 2. The fraction of sp³-hybridized carbons (Fsp3) is 0.400. The Morgan fingerprint density at radius 1 is 1.15 bits per heavy atom. The Hall–Kier alpha value is -3.17. The molecule has 0 unspecified atom stereocenters. The molecular weight excluding hydrogens is 454 g/mol. The second-order valence-electron chi connectivity index (χ2n) is 8.03. The van der Waals surface area contributed by atoms with Crippen LogP contribution in [0.3, 0.4) is 0 Å². The van der Waals surface area contributed by atoms with Gasteiger partial charge >= 0.3 is 0 Å². The van der Waals surface area contributed by atoms with Gasteiger partial charge in [0.1, 0.15) is 0 Å². The van der Waals surface area contributed by atoms with Crippen molar-refractivity contribution in [3.05, 3.63) is 47.5 Å². The minimum atomic E-state index is -0.292. The molecule has 180 valence electrons. The van der Waals surface area contributed by atoms with Crippen LogP contribution in [-0.4, -0.2) is 61.7 Å². The van der Waals surface area contributed by atoms with E-state index in [1.54, 1.807) is 23.1 Å². The van der Waals surface area contributed by atoms with Gasteiger partial charge in [-0.2, -0.15) is 0 Å². The van der Waals surface area contributed by atoms with E-state index >= 15 is 0 Å². The van der Waals surface area contributed by atoms with Crippen molar-refractivity contribution >= 4 is 38.5 Å². The molecule has 9 heteroatoms. The van der Waals surface area contributed by atoms with Crippen molar-refractivity contribution in [1.29, 1.82) is 0 Å². The second-order valence-corrected chi connectivity index (χ2v) is 9.06. The van der Waals surface area contributed by atoms with E-state index in [2.05, 4.69) is 29.4 Å². The van der Waals surface area contributed by atoms with Gasteiger partial charge in [0.25, 0.3) is 11.8 Å². The number of rotatable bonds is 9. The summed E-state index contributed by atoms with van der Waals surface area (Å²) in [5.74, 6) is 0.382. The van der Waals surface area contributed by atoms with Gasteiger partial charge < -0.3 is 19.1 Å². The van der Waals surface area contributed by atoms with Crippen molar-refractivity contribution in [3.63, 3.8) is 0 Å².